The Kier molecular flexibility index (Phi) is 4.40. The molecule has 0 saturated heterocycles. The second-order valence-electron chi connectivity index (χ2n) is 5.34. The molecule has 0 bridgehead atoms. The van der Waals surface area contributed by atoms with E-state index >= 15 is 0 Å². The molecule has 19 heavy (non-hydrogen) atoms. The molecule has 1 aromatic carbocycles. The van der Waals surface area contributed by atoms with Gasteiger partial charge in [0.1, 0.15) is 5.69 Å². The minimum Gasteiger partial charge on any atom is -0.366 e. The molecule has 4 heteroatoms. The lowest BCUT2D eigenvalue weighted by atomic mass is 9.94. The Hall–Kier alpha value is -1.58. The van der Waals surface area contributed by atoms with Gasteiger partial charge in [0, 0.05) is 19.2 Å². The molecule has 0 N–H and O–H groups in total. The third kappa shape index (κ3) is 3.06. The molecular formula is C15H22N2O2. The van der Waals surface area contributed by atoms with Crippen LogP contribution in [0.25, 0.3) is 0 Å². The lowest BCUT2D eigenvalue weighted by Gasteiger charge is -2.32. The fraction of sp³-hybridized carbons (Fsp3) is 0.600. The van der Waals surface area contributed by atoms with Crippen LogP contribution in [0.4, 0.5) is 11.4 Å². The van der Waals surface area contributed by atoms with Gasteiger partial charge >= 0.3 is 0 Å². The topological polar surface area (TPSA) is 46.4 Å². The van der Waals surface area contributed by atoms with Crippen LogP contribution in [-0.2, 0) is 6.42 Å². The van der Waals surface area contributed by atoms with Gasteiger partial charge in [0.15, 0.2) is 0 Å². The van der Waals surface area contributed by atoms with E-state index in [1.165, 1.54) is 19.3 Å². The molecule has 1 aromatic rings. The van der Waals surface area contributed by atoms with Crippen molar-refractivity contribution in [2.45, 2.75) is 51.5 Å². The Morgan fingerprint density at radius 1 is 1.32 bits per heavy atom. The van der Waals surface area contributed by atoms with E-state index in [2.05, 4.69) is 11.8 Å². The zero-order valence-corrected chi connectivity index (χ0v) is 11.8. The fourth-order valence-electron chi connectivity index (χ4n) is 2.89. The summed E-state index contributed by atoms with van der Waals surface area (Å²) in [5, 5.41) is 11.2. The van der Waals surface area contributed by atoms with E-state index in [-0.39, 0.29) is 10.6 Å². The molecule has 0 spiro atoms. The highest BCUT2D eigenvalue weighted by molar-refractivity contribution is 5.64. The van der Waals surface area contributed by atoms with Gasteiger partial charge in [-0.1, -0.05) is 32.3 Å². The largest absolute Gasteiger partial charge is 0.366 e. The number of aryl methyl sites for hydroxylation is 1. The van der Waals surface area contributed by atoms with Gasteiger partial charge in [-0.15, -0.1) is 0 Å². The van der Waals surface area contributed by atoms with E-state index < -0.39 is 0 Å². The zero-order valence-electron chi connectivity index (χ0n) is 11.8. The van der Waals surface area contributed by atoms with Crippen LogP contribution >= 0.6 is 0 Å². The van der Waals surface area contributed by atoms with Crippen LogP contribution in [0, 0.1) is 10.1 Å². The van der Waals surface area contributed by atoms with E-state index in [4.69, 9.17) is 0 Å². The molecular weight excluding hydrogens is 240 g/mol. The van der Waals surface area contributed by atoms with Crippen molar-refractivity contribution in [3.05, 3.63) is 33.9 Å². The Balaban J connectivity index is 2.31. The fourth-order valence-corrected chi connectivity index (χ4v) is 2.89. The van der Waals surface area contributed by atoms with Gasteiger partial charge in [-0.05, 0) is 30.9 Å². The lowest BCUT2D eigenvalue weighted by Crippen LogP contribution is -2.33. The van der Waals surface area contributed by atoms with Crippen LogP contribution in [0.1, 0.15) is 44.6 Å². The van der Waals surface area contributed by atoms with Gasteiger partial charge in [0.25, 0.3) is 5.69 Å². The van der Waals surface area contributed by atoms with E-state index in [9.17, 15) is 10.1 Å². The number of rotatable bonds is 4. The molecule has 0 radical (unpaired) electrons. The Morgan fingerprint density at radius 3 is 2.58 bits per heavy atom. The Bertz CT molecular complexity index is 453. The summed E-state index contributed by atoms with van der Waals surface area (Å²) in [6.07, 6.45) is 6.95. The first-order chi connectivity index (χ1) is 9.13. The molecule has 1 aliphatic rings. The van der Waals surface area contributed by atoms with Crippen molar-refractivity contribution in [1.82, 2.24) is 0 Å². The average molecular weight is 262 g/mol. The minimum atomic E-state index is -0.270. The average Bonchev–Trinajstić information content (AvgIpc) is 2.46. The molecule has 4 nitrogen and oxygen atoms in total. The highest BCUT2D eigenvalue weighted by Gasteiger charge is 2.24. The molecule has 104 valence electrons. The monoisotopic (exact) mass is 262 g/mol. The van der Waals surface area contributed by atoms with E-state index in [1.807, 2.05) is 19.2 Å². The van der Waals surface area contributed by atoms with Gasteiger partial charge in [-0.2, -0.15) is 0 Å². The first kappa shape index (κ1) is 13.8. The number of hydrogen-bond donors (Lipinski definition) is 0. The maximum absolute atomic E-state index is 11.2. The summed E-state index contributed by atoms with van der Waals surface area (Å²) in [6.45, 7) is 2.07. The summed E-state index contributed by atoms with van der Waals surface area (Å²) in [6, 6.07) is 5.93. The van der Waals surface area contributed by atoms with Gasteiger partial charge in [0.2, 0.25) is 0 Å². The van der Waals surface area contributed by atoms with Crippen molar-refractivity contribution in [3.63, 3.8) is 0 Å². The normalized spacial score (nSPS) is 16.3. The van der Waals surface area contributed by atoms with Crippen LogP contribution in [0.5, 0.6) is 0 Å². The predicted molar refractivity (Wildman–Crippen MR) is 77.8 cm³/mol. The second-order valence-corrected chi connectivity index (χ2v) is 5.34. The van der Waals surface area contributed by atoms with Crippen molar-refractivity contribution in [1.29, 1.82) is 0 Å². The molecule has 0 aromatic heterocycles. The maximum atomic E-state index is 11.2. The van der Waals surface area contributed by atoms with Gasteiger partial charge in [0.05, 0.1) is 4.92 Å². The highest BCUT2D eigenvalue weighted by Crippen LogP contribution is 2.33. The summed E-state index contributed by atoms with van der Waals surface area (Å²) in [7, 11) is 2.00. The zero-order chi connectivity index (χ0) is 13.8. The maximum Gasteiger partial charge on any atom is 0.292 e. The summed E-state index contributed by atoms with van der Waals surface area (Å²) in [5.41, 5.74) is 2.16. The first-order valence-corrected chi connectivity index (χ1v) is 7.13. The molecule has 2 rings (SSSR count). The lowest BCUT2D eigenvalue weighted by molar-refractivity contribution is -0.384. The smallest absolute Gasteiger partial charge is 0.292 e. The standard InChI is InChI=1S/C15H22N2O2/c1-3-12-9-10-14(17(18)19)15(11-12)16(2)13-7-5-4-6-8-13/h9-11,13H,3-8H2,1-2H3. The van der Waals surface area contributed by atoms with E-state index in [1.54, 1.807) is 6.07 Å². The summed E-state index contributed by atoms with van der Waals surface area (Å²) >= 11 is 0. The molecule has 0 amide bonds. The summed E-state index contributed by atoms with van der Waals surface area (Å²) < 4.78 is 0. The number of nitro groups is 1. The Labute approximate surface area is 114 Å². The molecule has 0 heterocycles. The van der Waals surface area contributed by atoms with Gasteiger partial charge in [-0.25, -0.2) is 0 Å². The van der Waals surface area contributed by atoms with Crippen LogP contribution in [0.15, 0.2) is 18.2 Å². The first-order valence-electron chi connectivity index (χ1n) is 7.13. The second kappa shape index (κ2) is 6.04. The van der Waals surface area contributed by atoms with Gasteiger partial charge in [-0.3, -0.25) is 10.1 Å². The van der Waals surface area contributed by atoms with Crippen LogP contribution in [-0.4, -0.2) is 18.0 Å². The van der Waals surface area contributed by atoms with Crippen LogP contribution < -0.4 is 4.90 Å². The number of anilines is 1. The number of hydrogen-bond acceptors (Lipinski definition) is 3. The van der Waals surface area contributed by atoms with Crippen molar-refractivity contribution in [2.24, 2.45) is 0 Å². The molecule has 0 aliphatic heterocycles. The van der Waals surface area contributed by atoms with Crippen molar-refractivity contribution in [2.75, 3.05) is 11.9 Å². The molecule has 0 atom stereocenters. The molecule has 1 fully saturated rings. The van der Waals surface area contributed by atoms with Crippen LogP contribution in [0.2, 0.25) is 0 Å². The van der Waals surface area contributed by atoms with Gasteiger partial charge < -0.3 is 4.90 Å². The van der Waals surface area contributed by atoms with E-state index in [0.29, 0.717) is 6.04 Å². The third-order valence-corrected chi connectivity index (χ3v) is 4.15. The van der Waals surface area contributed by atoms with Crippen molar-refractivity contribution in [3.8, 4) is 0 Å². The number of nitro benzene ring substituents is 1. The quantitative estimate of drug-likeness (QED) is 0.610. The Morgan fingerprint density at radius 2 is 2.00 bits per heavy atom. The highest BCUT2D eigenvalue weighted by atomic mass is 16.6. The van der Waals surface area contributed by atoms with Crippen LogP contribution in [0.3, 0.4) is 0 Å². The van der Waals surface area contributed by atoms with Crippen molar-refractivity contribution >= 4 is 11.4 Å². The summed E-state index contributed by atoms with van der Waals surface area (Å²) in [5.74, 6) is 0. The van der Waals surface area contributed by atoms with E-state index in [0.717, 1.165) is 30.5 Å². The molecule has 1 saturated carbocycles. The molecule has 0 unspecified atom stereocenters. The number of nitrogens with zero attached hydrogens (tertiary/aromatic N) is 2. The number of benzene rings is 1. The third-order valence-electron chi connectivity index (χ3n) is 4.15. The van der Waals surface area contributed by atoms with Crippen molar-refractivity contribution < 1.29 is 4.92 Å². The SMILES string of the molecule is CCc1ccc([N+](=O)[O-])c(N(C)C2CCCCC2)c1. The minimum absolute atomic E-state index is 0.227. The molecule has 1 aliphatic carbocycles. The predicted octanol–water partition coefficient (Wildman–Crippen LogP) is 3.93. The summed E-state index contributed by atoms with van der Waals surface area (Å²) in [4.78, 5) is 13.0.